The Kier molecular flexibility index (Phi) is 5.30. The minimum atomic E-state index is -1.42. The Hall–Kier alpha value is -3.56. The fraction of sp³-hybridized carbons (Fsp3) is 0.182. The molecule has 0 radical (unpaired) electrons. The van der Waals surface area contributed by atoms with Crippen molar-refractivity contribution < 1.29 is 23.4 Å². The second kappa shape index (κ2) is 7.93. The number of hydrogen-bond donors (Lipinski definition) is 3. The summed E-state index contributed by atoms with van der Waals surface area (Å²) in [4.78, 5) is 25.3. The number of benzene rings is 2. The van der Waals surface area contributed by atoms with Crippen LogP contribution in [-0.4, -0.2) is 21.9 Å². The summed E-state index contributed by atoms with van der Waals surface area (Å²) in [7, 11) is 0. The van der Waals surface area contributed by atoms with E-state index in [9.17, 15) is 23.5 Å². The SMILES string of the molecule is Cc1cccn(CC2(c3ccc(Oc4cc(F)cc(F)c4)cc3)NC(O)NC2=O)c1=O. The van der Waals surface area contributed by atoms with Crippen molar-refractivity contribution in [3.63, 3.8) is 0 Å². The summed E-state index contributed by atoms with van der Waals surface area (Å²) in [5, 5.41) is 15.2. The third-order valence-corrected chi connectivity index (χ3v) is 5.08. The highest BCUT2D eigenvalue weighted by Gasteiger charge is 2.48. The average molecular weight is 427 g/mol. The zero-order chi connectivity index (χ0) is 22.2. The molecule has 160 valence electrons. The van der Waals surface area contributed by atoms with E-state index >= 15 is 0 Å². The summed E-state index contributed by atoms with van der Waals surface area (Å²) >= 11 is 0. The Bertz CT molecular complexity index is 1180. The third kappa shape index (κ3) is 4.05. The van der Waals surface area contributed by atoms with E-state index in [0.29, 0.717) is 11.1 Å². The molecule has 1 aromatic heterocycles. The number of aryl methyl sites for hydroxylation is 1. The molecule has 2 aromatic carbocycles. The number of pyridine rings is 1. The number of aromatic nitrogens is 1. The van der Waals surface area contributed by atoms with E-state index in [1.807, 2.05) is 0 Å². The maximum absolute atomic E-state index is 13.4. The number of nitrogens with one attached hydrogen (secondary N) is 2. The van der Waals surface area contributed by atoms with Crippen LogP contribution in [0.5, 0.6) is 11.5 Å². The number of carbonyl (C=O) groups excluding carboxylic acids is 1. The van der Waals surface area contributed by atoms with Crippen molar-refractivity contribution in [1.82, 2.24) is 15.2 Å². The van der Waals surface area contributed by atoms with Crippen LogP contribution in [0.25, 0.3) is 0 Å². The lowest BCUT2D eigenvalue weighted by Crippen LogP contribution is -2.49. The minimum Gasteiger partial charge on any atom is -0.457 e. The van der Waals surface area contributed by atoms with Crippen LogP contribution in [0.15, 0.2) is 65.6 Å². The molecule has 0 aliphatic carbocycles. The topological polar surface area (TPSA) is 92.6 Å². The Balaban J connectivity index is 1.67. The standard InChI is InChI=1S/C22H19F2N3O4/c1-13-3-2-8-27(19(13)28)12-22(20(29)25-21(30)26-22)14-4-6-17(7-5-14)31-18-10-15(23)9-16(24)11-18/h2-11,21,26,30H,12H2,1H3,(H,25,29). The Morgan fingerprint density at radius 2 is 1.74 bits per heavy atom. The molecular formula is C22H19F2N3O4. The first-order valence-corrected chi connectivity index (χ1v) is 9.44. The van der Waals surface area contributed by atoms with Gasteiger partial charge in [-0.1, -0.05) is 18.2 Å². The number of hydrogen-bond acceptors (Lipinski definition) is 5. The van der Waals surface area contributed by atoms with E-state index in [2.05, 4.69) is 10.6 Å². The van der Waals surface area contributed by atoms with Crippen LogP contribution in [0.3, 0.4) is 0 Å². The highest BCUT2D eigenvalue weighted by atomic mass is 19.1. The quantitative estimate of drug-likeness (QED) is 0.580. The third-order valence-electron chi connectivity index (χ3n) is 5.08. The van der Waals surface area contributed by atoms with Crippen molar-refractivity contribution >= 4 is 5.91 Å². The van der Waals surface area contributed by atoms with Crippen molar-refractivity contribution in [2.24, 2.45) is 0 Å². The van der Waals surface area contributed by atoms with Crippen LogP contribution < -0.4 is 20.9 Å². The zero-order valence-corrected chi connectivity index (χ0v) is 16.4. The minimum absolute atomic E-state index is 0.0153. The Morgan fingerprint density at radius 1 is 1.06 bits per heavy atom. The molecular weight excluding hydrogens is 408 g/mol. The van der Waals surface area contributed by atoms with E-state index < -0.39 is 29.4 Å². The highest BCUT2D eigenvalue weighted by Crippen LogP contribution is 2.30. The molecule has 7 nitrogen and oxygen atoms in total. The van der Waals surface area contributed by atoms with Gasteiger partial charge in [-0.05, 0) is 30.7 Å². The molecule has 31 heavy (non-hydrogen) atoms. The molecule has 1 fully saturated rings. The number of aliphatic hydroxyl groups excluding tert-OH is 1. The van der Waals surface area contributed by atoms with Gasteiger partial charge in [-0.25, -0.2) is 8.78 Å². The summed E-state index contributed by atoms with van der Waals surface area (Å²) in [6, 6.07) is 12.4. The number of ether oxygens (including phenoxy) is 1. The molecule has 9 heteroatoms. The van der Waals surface area contributed by atoms with Crippen molar-refractivity contribution in [2.75, 3.05) is 0 Å². The van der Waals surface area contributed by atoms with E-state index in [4.69, 9.17) is 4.74 Å². The molecule has 2 atom stereocenters. The first-order valence-electron chi connectivity index (χ1n) is 9.44. The van der Waals surface area contributed by atoms with E-state index in [1.54, 1.807) is 37.4 Å². The molecule has 0 spiro atoms. The number of nitrogens with zero attached hydrogens (tertiary/aromatic N) is 1. The summed E-state index contributed by atoms with van der Waals surface area (Å²) < 4.78 is 33.6. The second-order valence-electron chi connectivity index (χ2n) is 7.28. The van der Waals surface area contributed by atoms with Crippen LogP contribution in [0.2, 0.25) is 0 Å². The maximum atomic E-state index is 13.4. The van der Waals surface area contributed by atoms with Gasteiger partial charge in [-0.3, -0.25) is 14.9 Å². The number of rotatable bonds is 5. The summed E-state index contributed by atoms with van der Waals surface area (Å²) in [5.74, 6) is -1.77. The van der Waals surface area contributed by atoms with Crippen LogP contribution in [0.1, 0.15) is 11.1 Å². The Labute approximate surface area is 175 Å². The molecule has 0 bridgehead atoms. The van der Waals surface area contributed by atoms with Crippen LogP contribution in [0.4, 0.5) is 8.78 Å². The predicted octanol–water partition coefficient (Wildman–Crippen LogP) is 2.12. The van der Waals surface area contributed by atoms with Gasteiger partial charge in [0.05, 0.1) is 6.54 Å². The number of aliphatic hydroxyl groups is 1. The van der Waals surface area contributed by atoms with Gasteiger partial charge < -0.3 is 19.7 Å². The van der Waals surface area contributed by atoms with Crippen molar-refractivity contribution in [2.45, 2.75) is 25.4 Å². The molecule has 2 unspecified atom stereocenters. The normalized spacial score (nSPS) is 20.5. The Morgan fingerprint density at radius 3 is 2.35 bits per heavy atom. The second-order valence-corrected chi connectivity index (χ2v) is 7.28. The van der Waals surface area contributed by atoms with Gasteiger partial charge in [0.1, 0.15) is 28.7 Å². The zero-order valence-electron chi connectivity index (χ0n) is 16.4. The van der Waals surface area contributed by atoms with Crippen molar-refractivity contribution in [3.05, 3.63) is 93.9 Å². The van der Waals surface area contributed by atoms with Gasteiger partial charge in [-0.15, -0.1) is 0 Å². The molecule has 3 N–H and O–H groups in total. The van der Waals surface area contributed by atoms with Gasteiger partial charge in [0.15, 0.2) is 6.35 Å². The van der Waals surface area contributed by atoms with Gasteiger partial charge >= 0.3 is 0 Å². The van der Waals surface area contributed by atoms with Gasteiger partial charge in [0.2, 0.25) is 5.91 Å². The number of halogens is 2. The molecule has 1 aliphatic rings. The summed E-state index contributed by atoms with van der Waals surface area (Å²) in [6.07, 6.45) is 0.270. The summed E-state index contributed by atoms with van der Waals surface area (Å²) in [5.41, 5.74) is -0.693. The van der Waals surface area contributed by atoms with Crippen LogP contribution in [-0.2, 0) is 16.9 Å². The lowest BCUT2D eigenvalue weighted by molar-refractivity contribution is -0.125. The van der Waals surface area contributed by atoms with Crippen molar-refractivity contribution in [1.29, 1.82) is 0 Å². The van der Waals surface area contributed by atoms with E-state index in [0.717, 1.165) is 18.2 Å². The van der Waals surface area contributed by atoms with Crippen LogP contribution in [0, 0.1) is 18.6 Å². The lowest BCUT2D eigenvalue weighted by Gasteiger charge is -2.28. The predicted molar refractivity (Wildman–Crippen MR) is 107 cm³/mol. The fourth-order valence-electron chi connectivity index (χ4n) is 3.57. The fourth-order valence-corrected chi connectivity index (χ4v) is 3.57. The smallest absolute Gasteiger partial charge is 0.253 e. The first-order chi connectivity index (χ1) is 14.8. The molecule has 1 amide bonds. The average Bonchev–Trinajstić information content (AvgIpc) is 2.99. The molecule has 4 rings (SSSR count). The molecule has 3 aromatic rings. The molecule has 0 saturated carbocycles. The van der Waals surface area contributed by atoms with Crippen molar-refractivity contribution in [3.8, 4) is 11.5 Å². The first kappa shape index (κ1) is 20.7. The number of carbonyl (C=O) groups is 1. The maximum Gasteiger partial charge on any atom is 0.253 e. The lowest BCUT2D eigenvalue weighted by atomic mass is 9.89. The van der Waals surface area contributed by atoms with E-state index in [-0.39, 0.29) is 23.6 Å². The van der Waals surface area contributed by atoms with Gasteiger partial charge in [-0.2, -0.15) is 0 Å². The van der Waals surface area contributed by atoms with E-state index in [1.165, 1.54) is 16.7 Å². The largest absolute Gasteiger partial charge is 0.457 e. The summed E-state index contributed by atoms with van der Waals surface area (Å²) in [6.45, 7) is 1.61. The molecule has 1 saturated heterocycles. The monoisotopic (exact) mass is 427 g/mol. The number of amides is 1. The van der Waals surface area contributed by atoms with Crippen LogP contribution >= 0.6 is 0 Å². The van der Waals surface area contributed by atoms with Gasteiger partial charge in [0, 0.05) is 30.0 Å². The molecule has 2 heterocycles. The van der Waals surface area contributed by atoms with Gasteiger partial charge in [0.25, 0.3) is 5.56 Å². The highest BCUT2D eigenvalue weighted by molar-refractivity contribution is 5.89. The molecule has 1 aliphatic heterocycles.